The van der Waals surface area contributed by atoms with E-state index < -0.39 is 13.5 Å². The third kappa shape index (κ3) is 7.05. The summed E-state index contributed by atoms with van der Waals surface area (Å²) in [5, 5.41) is 14.3. The van der Waals surface area contributed by atoms with Crippen molar-refractivity contribution in [3.05, 3.63) is 46.0 Å². The highest BCUT2D eigenvalue weighted by Gasteiger charge is 2.27. The highest BCUT2D eigenvalue weighted by atomic mass is 35.5. The number of aliphatic hydroxyl groups is 1. The Kier molecular flexibility index (Phi) is 8.00. The largest absolute Gasteiger partial charge is 0.391 e. The summed E-state index contributed by atoms with van der Waals surface area (Å²) in [6.45, 7) is 2.19. The van der Waals surface area contributed by atoms with Crippen LogP contribution in [0.1, 0.15) is 37.8 Å². The van der Waals surface area contributed by atoms with E-state index in [9.17, 15) is 14.6 Å². The number of aliphatic hydroxyl groups excluding tert-OH is 1. The average Bonchev–Trinajstić information content (AvgIpc) is 2.55. The normalized spacial score (nSPS) is 22.4. The van der Waals surface area contributed by atoms with E-state index in [0.29, 0.717) is 10.0 Å². The number of nitrogens with one attached hydrogen (secondary N) is 1. The summed E-state index contributed by atoms with van der Waals surface area (Å²) < 4.78 is 12.4. The fraction of sp³-hybridized carbons (Fsp3) is 0.556. The van der Waals surface area contributed by atoms with Crippen LogP contribution in [0.5, 0.6) is 0 Å². The molecule has 1 aliphatic rings. The minimum atomic E-state index is -3.33. The summed E-state index contributed by atoms with van der Waals surface area (Å²) in [4.78, 5) is 10.2. The van der Waals surface area contributed by atoms with Crippen LogP contribution in [0.3, 0.4) is 0 Å². The summed E-state index contributed by atoms with van der Waals surface area (Å²) in [5.41, 5.74) is 0.947. The van der Waals surface area contributed by atoms with Gasteiger partial charge < -0.3 is 15.3 Å². The molecule has 0 saturated carbocycles. The molecule has 3 N–H and O–H groups in total. The van der Waals surface area contributed by atoms with Crippen LogP contribution < -0.4 is 5.32 Å². The van der Waals surface area contributed by atoms with Gasteiger partial charge in [-0.15, -0.1) is 0 Å². The molecule has 0 spiro atoms. The third-order valence-electron chi connectivity index (χ3n) is 4.52. The van der Waals surface area contributed by atoms with Crippen molar-refractivity contribution in [3.8, 4) is 0 Å². The Morgan fingerprint density at radius 1 is 1.32 bits per heavy atom. The van der Waals surface area contributed by atoms with Gasteiger partial charge in [-0.25, -0.2) is 0 Å². The summed E-state index contributed by atoms with van der Waals surface area (Å²) in [6, 6.07) is 5.33. The molecular weight excluding hydrogens is 380 g/mol. The highest BCUT2D eigenvalue weighted by molar-refractivity contribution is 7.58. The molecule has 0 aromatic heterocycles. The molecule has 0 saturated heterocycles. The van der Waals surface area contributed by atoms with Gasteiger partial charge in [0.05, 0.1) is 22.3 Å². The first kappa shape index (κ1) is 21.0. The first-order valence-corrected chi connectivity index (χ1v) is 11.4. The molecule has 0 aliphatic heterocycles. The van der Waals surface area contributed by atoms with Gasteiger partial charge in [0.15, 0.2) is 0 Å². The molecular formula is C18H26Cl2NO3P. The molecule has 2 unspecified atom stereocenters. The standard InChI is InChI=1S/C18H26Cl2NO3P/c1-13(15-7-8-17(19)18(20)9-15)21-10-16(22)12-25(23,24)11-14-5-3-2-4-6-14/h2-3,7-9,13-14,16,21-22H,4-6,10-12H2,1H3,(H,23,24)/t13-,14?,16-/m1/s1. The first-order valence-electron chi connectivity index (χ1n) is 8.59. The molecule has 0 fully saturated rings. The van der Waals surface area contributed by atoms with Crippen molar-refractivity contribution in [1.29, 1.82) is 0 Å². The van der Waals surface area contributed by atoms with Crippen molar-refractivity contribution < 1.29 is 14.6 Å². The monoisotopic (exact) mass is 405 g/mol. The summed E-state index contributed by atoms with van der Waals surface area (Å²) in [6.07, 6.45) is 6.31. The van der Waals surface area contributed by atoms with Crippen molar-refractivity contribution in [2.45, 2.75) is 38.3 Å². The minimum Gasteiger partial charge on any atom is -0.391 e. The van der Waals surface area contributed by atoms with Gasteiger partial charge in [-0.3, -0.25) is 4.57 Å². The van der Waals surface area contributed by atoms with Crippen LogP contribution in [-0.2, 0) is 4.57 Å². The lowest BCUT2D eigenvalue weighted by molar-refractivity contribution is 0.186. The maximum Gasteiger partial charge on any atom is 0.203 e. The second kappa shape index (κ2) is 9.55. The van der Waals surface area contributed by atoms with Crippen LogP contribution in [0.2, 0.25) is 10.0 Å². The average molecular weight is 406 g/mol. The Morgan fingerprint density at radius 2 is 2.08 bits per heavy atom. The zero-order chi connectivity index (χ0) is 18.4. The lowest BCUT2D eigenvalue weighted by atomic mass is 9.96. The van der Waals surface area contributed by atoms with Gasteiger partial charge in [-0.05, 0) is 49.8 Å². The molecule has 7 heteroatoms. The maximum atomic E-state index is 12.4. The molecule has 0 amide bonds. The third-order valence-corrected chi connectivity index (χ3v) is 7.34. The van der Waals surface area contributed by atoms with Gasteiger partial charge in [-0.1, -0.05) is 41.4 Å². The molecule has 4 nitrogen and oxygen atoms in total. The number of allylic oxidation sites excluding steroid dienone is 2. The molecule has 1 aromatic carbocycles. The van der Waals surface area contributed by atoms with E-state index in [1.807, 2.05) is 13.0 Å². The second-order valence-corrected chi connectivity index (χ2v) is 10.1. The second-order valence-electron chi connectivity index (χ2n) is 6.82. The van der Waals surface area contributed by atoms with Crippen molar-refractivity contribution in [2.75, 3.05) is 18.9 Å². The SMILES string of the molecule is C[C@@H](NC[C@@H](O)CP(=O)(O)CC1CC=CCC1)c1ccc(Cl)c(Cl)c1. The van der Waals surface area contributed by atoms with Crippen molar-refractivity contribution >= 4 is 30.6 Å². The van der Waals surface area contributed by atoms with Gasteiger partial charge in [0.25, 0.3) is 0 Å². The van der Waals surface area contributed by atoms with Crippen LogP contribution in [0.15, 0.2) is 30.4 Å². The lowest BCUT2D eigenvalue weighted by Gasteiger charge is -2.23. The quantitative estimate of drug-likeness (QED) is 0.435. The smallest absolute Gasteiger partial charge is 0.203 e. The molecule has 140 valence electrons. The highest BCUT2D eigenvalue weighted by Crippen LogP contribution is 2.45. The van der Waals surface area contributed by atoms with Crippen molar-refractivity contribution in [2.24, 2.45) is 5.92 Å². The number of halogens is 2. The summed E-state index contributed by atoms with van der Waals surface area (Å²) in [5.74, 6) is 0.246. The van der Waals surface area contributed by atoms with E-state index in [4.69, 9.17) is 23.2 Å². The molecule has 0 heterocycles. The molecule has 1 aromatic rings. The Morgan fingerprint density at radius 3 is 2.72 bits per heavy atom. The van der Waals surface area contributed by atoms with Crippen LogP contribution >= 0.6 is 30.6 Å². The predicted octanol–water partition coefficient (Wildman–Crippen LogP) is 4.63. The Balaban J connectivity index is 1.80. The van der Waals surface area contributed by atoms with Crippen LogP contribution in [0.4, 0.5) is 0 Å². The zero-order valence-corrected chi connectivity index (χ0v) is 16.8. The van der Waals surface area contributed by atoms with Crippen molar-refractivity contribution in [1.82, 2.24) is 5.32 Å². The number of hydrogen-bond donors (Lipinski definition) is 3. The van der Waals surface area contributed by atoms with Gasteiger partial charge in [0.1, 0.15) is 0 Å². The lowest BCUT2D eigenvalue weighted by Crippen LogP contribution is -2.32. The molecule has 0 radical (unpaired) electrons. The molecule has 1 aliphatic carbocycles. The number of rotatable bonds is 8. The van der Waals surface area contributed by atoms with Crippen LogP contribution in [0.25, 0.3) is 0 Å². The summed E-state index contributed by atoms with van der Waals surface area (Å²) >= 11 is 11.9. The van der Waals surface area contributed by atoms with E-state index in [-0.39, 0.29) is 30.8 Å². The number of hydrogen-bond acceptors (Lipinski definition) is 3. The van der Waals surface area contributed by atoms with Gasteiger partial charge in [0, 0.05) is 18.7 Å². The van der Waals surface area contributed by atoms with E-state index in [1.54, 1.807) is 12.1 Å². The van der Waals surface area contributed by atoms with E-state index in [1.165, 1.54) is 0 Å². The van der Waals surface area contributed by atoms with Crippen molar-refractivity contribution in [3.63, 3.8) is 0 Å². The predicted molar refractivity (Wildman–Crippen MR) is 105 cm³/mol. The van der Waals surface area contributed by atoms with E-state index in [2.05, 4.69) is 17.5 Å². The summed E-state index contributed by atoms with van der Waals surface area (Å²) in [7, 11) is -3.33. The minimum absolute atomic E-state index is 0.0500. The Bertz CT molecular complexity index is 653. The number of benzene rings is 1. The maximum absolute atomic E-state index is 12.4. The molecule has 0 bridgehead atoms. The van der Waals surface area contributed by atoms with E-state index >= 15 is 0 Å². The Labute approximate surface area is 159 Å². The fourth-order valence-corrected chi connectivity index (χ4v) is 5.49. The fourth-order valence-electron chi connectivity index (χ4n) is 3.11. The van der Waals surface area contributed by atoms with Gasteiger partial charge in [-0.2, -0.15) is 0 Å². The van der Waals surface area contributed by atoms with Crippen LogP contribution in [0, 0.1) is 5.92 Å². The van der Waals surface area contributed by atoms with Gasteiger partial charge >= 0.3 is 0 Å². The zero-order valence-electron chi connectivity index (χ0n) is 14.4. The van der Waals surface area contributed by atoms with Gasteiger partial charge in [0.2, 0.25) is 7.37 Å². The Hall–Kier alpha value is -0.350. The molecule has 2 rings (SSSR count). The van der Waals surface area contributed by atoms with Crippen LogP contribution in [-0.4, -0.2) is 35.0 Å². The first-order chi connectivity index (χ1) is 11.8. The topological polar surface area (TPSA) is 69.6 Å². The molecule has 4 atom stereocenters. The molecule has 25 heavy (non-hydrogen) atoms. The van der Waals surface area contributed by atoms with E-state index in [0.717, 1.165) is 24.8 Å².